The maximum Gasteiger partial charge on any atom is 0.234 e. The topological polar surface area (TPSA) is 59.8 Å². The Bertz CT molecular complexity index is 915. The fourth-order valence-electron chi connectivity index (χ4n) is 2.20. The van der Waals surface area contributed by atoms with Crippen molar-refractivity contribution in [2.24, 2.45) is 7.05 Å². The minimum absolute atomic E-state index is 0.112. The summed E-state index contributed by atoms with van der Waals surface area (Å²) in [7, 11) is 1.85. The third-order valence-corrected chi connectivity index (χ3v) is 5.47. The lowest BCUT2D eigenvalue weighted by Gasteiger charge is -2.07. The lowest BCUT2D eigenvalue weighted by Crippen LogP contribution is -2.14. The highest BCUT2D eigenvalue weighted by Crippen LogP contribution is 2.28. The van der Waals surface area contributed by atoms with Gasteiger partial charge in [0.25, 0.3) is 0 Å². The van der Waals surface area contributed by atoms with Gasteiger partial charge in [-0.2, -0.15) is 0 Å². The number of halogens is 2. The molecule has 0 fully saturated rings. The van der Waals surface area contributed by atoms with E-state index in [9.17, 15) is 4.79 Å². The van der Waals surface area contributed by atoms with Gasteiger partial charge in [-0.25, -0.2) is 0 Å². The van der Waals surface area contributed by atoms with Crippen LogP contribution in [0.3, 0.4) is 0 Å². The summed E-state index contributed by atoms with van der Waals surface area (Å²) in [6, 6.07) is 14.9. The van der Waals surface area contributed by atoms with Crippen molar-refractivity contribution in [1.82, 2.24) is 14.8 Å². The summed E-state index contributed by atoms with van der Waals surface area (Å²) in [5, 5.41) is 12.5. The molecule has 2 aromatic carbocycles. The zero-order valence-corrected chi connectivity index (χ0v) is 16.4. The van der Waals surface area contributed by atoms with Crippen LogP contribution in [0, 0.1) is 0 Å². The number of rotatable bonds is 5. The summed E-state index contributed by atoms with van der Waals surface area (Å²) >= 11 is 10.9. The van der Waals surface area contributed by atoms with Crippen LogP contribution in [0.2, 0.25) is 5.02 Å². The second-order valence-electron chi connectivity index (χ2n) is 5.16. The molecule has 0 aliphatic carbocycles. The molecule has 1 heterocycles. The third-order valence-electron chi connectivity index (χ3n) is 3.43. The van der Waals surface area contributed by atoms with E-state index in [0.717, 1.165) is 15.7 Å². The van der Waals surface area contributed by atoms with Gasteiger partial charge in [0, 0.05) is 17.1 Å². The molecule has 8 heteroatoms. The summed E-state index contributed by atoms with van der Waals surface area (Å²) in [5.74, 6) is 0.786. The zero-order valence-electron chi connectivity index (χ0n) is 13.2. The van der Waals surface area contributed by atoms with E-state index in [2.05, 4.69) is 31.4 Å². The zero-order chi connectivity index (χ0) is 17.8. The molecule has 25 heavy (non-hydrogen) atoms. The normalized spacial score (nSPS) is 10.7. The van der Waals surface area contributed by atoms with Crippen LogP contribution in [0.1, 0.15) is 0 Å². The highest BCUT2D eigenvalue weighted by Gasteiger charge is 2.15. The summed E-state index contributed by atoms with van der Waals surface area (Å²) in [4.78, 5) is 12.1. The summed E-state index contributed by atoms with van der Waals surface area (Å²) in [6.07, 6.45) is 0. The molecule has 1 amide bonds. The van der Waals surface area contributed by atoms with Crippen LogP contribution in [0.4, 0.5) is 5.69 Å². The second kappa shape index (κ2) is 8.03. The maximum absolute atomic E-state index is 12.1. The first kappa shape index (κ1) is 18.0. The first-order valence-electron chi connectivity index (χ1n) is 7.37. The number of nitrogens with one attached hydrogen (secondary N) is 1. The predicted molar refractivity (Wildman–Crippen MR) is 105 cm³/mol. The minimum atomic E-state index is -0.112. The number of amides is 1. The van der Waals surface area contributed by atoms with E-state index in [1.807, 2.05) is 60.1 Å². The van der Waals surface area contributed by atoms with Crippen molar-refractivity contribution in [1.29, 1.82) is 0 Å². The Labute approximate surface area is 162 Å². The number of aromatic nitrogens is 3. The third kappa shape index (κ3) is 4.23. The van der Waals surface area contributed by atoms with Crippen LogP contribution >= 0.6 is 39.3 Å². The Morgan fingerprint density at radius 1 is 1.20 bits per heavy atom. The Morgan fingerprint density at radius 2 is 1.92 bits per heavy atom. The van der Waals surface area contributed by atoms with Crippen molar-refractivity contribution in [2.75, 3.05) is 11.1 Å². The van der Waals surface area contributed by atoms with Crippen molar-refractivity contribution < 1.29 is 4.79 Å². The number of hydrogen-bond donors (Lipinski definition) is 1. The average Bonchev–Trinajstić information content (AvgIpc) is 2.96. The Morgan fingerprint density at radius 3 is 2.68 bits per heavy atom. The van der Waals surface area contributed by atoms with Crippen LogP contribution < -0.4 is 5.32 Å². The Balaban J connectivity index is 1.67. The standard InChI is InChI=1S/C17H14BrClN4OS/c1-23-16(11-6-2-4-8-13(11)19)21-22-17(23)25-10-15(24)20-14-9-5-3-7-12(14)18/h2-9H,10H2,1H3,(H,20,24). The fourth-order valence-corrected chi connectivity index (χ4v) is 3.51. The molecular formula is C17H14BrClN4OS. The number of carbonyl (C=O) groups excluding carboxylic acids is 1. The first-order chi connectivity index (χ1) is 12.1. The van der Waals surface area contributed by atoms with Gasteiger partial charge in [-0.1, -0.05) is 47.6 Å². The molecule has 0 atom stereocenters. The first-order valence-corrected chi connectivity index (χ1v) is 9.53. The molecule has 0 aliphatic heterocycles. The van der Waals surface area contributed by atoms with Gasteiger partial charge in [0.2, 0.25) is 5.91 Å². The van der Waals surface area contributed by atoms with Gasteiger partial charge in [0.15, 0.2) is 11.0 Å². The van der Waals surface area contributed by atoms with Gasteiger partial charge < -0.3 is 9.88 Å². The molecule has 0 spiro atoms. The predicted octanol–water partition coefficient (Wildman–Crippen LogP) is 4.63. The molecule has 5 nitrogen and oxygen atoms in total. The van der Waals surface area contributed by atoms with E-state index >= 15 is 0 Å². The molecule has 0 radical (unpaired) electrons. The monoisotopic (exact) mass is 436 g/mol. The second-order valence-corrected chi connectivity index (χ2v) is 7.37. The molecule has 1 aromatic heterocycles. The number of para-hydroxylation sites is 1. The molecule has 3 rings (SSSR count). The summed E-state index contributed by atoms with van der Waals surface area (Å²) in [5.41, 5.74) is 1.55. The molecule has 0 aliphatic rings. The smallest absolute Gasteiger partial charge is 0.234 e. The van der Waals surface area contributed by atoms with Gasteiger partial charge in [-0.3, -0.25) is 4.79 Å². The van der Waals surface area contributed by atoms with Gasteiger partial charge in [-0.05, 0) is 40.2 Å². The Kier molecular flexibility index (Phi) is 5.78. The molecular weight excluding hydrogens is 424 g/mol. The van der Waals surface area contributed by atoms with E-state index in [-0.39, 0.29) is 11.7 Å². The van der Waals surface area contributed by atoms with Crippen LogP contribution in [0.15, 0.2) is 58.2 Å². The van der Waals surface area contributed by atoms with E-state index in [0.29, 0.717) is 16.0 Å². The highest BCUT2D eigenvalue weighted by atomic mass is 79.9. The van der Waals surface area contributed by atoms with E-state index in [4.69, 9.17) is 11.6 Å². The lowest BCUT2D eigenvalue weighted by atomic mass is 10.2. The maximum atomic E-state index is 12.1. The van der Waals surface area contributed by atoms with Crippen molar-refractivity contribution in [3.63, 3.8) is 0 Å². The molecule has 0 bridgehead atoms. The number of carbonyl (C=O) groups is 1. The molecule has 128 valence electrons. The van der Waals surface area contributed by atoms with Crippen LogP contribution in [-0.2, 0) is 11.8 Å². The largest absolute Gasteiger partial charge is 0.324 e. The van der Waals surface area contributed by atoms with E-state index < -0.39 is 0 Å². The van der Waals surface area contributed by atoms with Crippen LogP contribution in [0.25, 0.3) is 11.4 Å². The average molecular weight is 438 g/mol. The van der Waals surface area contributed by atoms with Crippen molar-refractivity contribution >= 4 is 50.9 Å². The Hall–Kier alpha value is -1.83. The minimum Gasteiger partial charge on any atom is -0.324 e. The van der Waals surface area contributed by atoms with Crippen molar-refractivity contribution in [3.05, 3.63) is 58.0 Å². The number of anilines is 1. The number of benzene rings is 2. The SMILES string of the molecule is Cn1c(SCC(=O)Nc2ccccc2Br)nnc1-c1ccccc1Cl. The molecule has 1 N–H and O–H groups in total. The molecule has 3 aromatic rings. The number of nitrogens with zero attached hydrogens (tertiary/aromatic N) is 3. The highest BCUT2D eigenvalue weighted by molar-refractivity contribution is 9.10. The van der Waals surface area contributed by atoms with Gasteiger partial charge in [-0.15, -0.1) is 10.2 Å². The van der Waals surface area contributed by atoms with Crippen LogP contribution in [0.5, 0.6) is 0 Å². The molecule has 0 unspecified atom stereocenters. The van der Waals surface area contributed by atoms with Gasteiger partial charge in [0.05, 0.1) is 16.5 Å². The molecule has 0 saturated carbocycles. The van der Waals surface area contributed by atoms with Crippen molar-refractivity contribution in [2.45, 2.75) is 5.16 Å². The van der Waals surface area contributed by atoms with Crippen molar-refractivity contribution in [3.8, 4) is 11.4 Å². The van der Waals surface area contributed by atoms with E-state index in [1.165, 1.54) is 11.8 Å². The molecule has 0 saturated heterocycles. The number of thioether (sulfide) groups is 1. The fraction of sp³-hybridized carbons (Fsp3) is 0.118. The lowest BCUT2D eigenvalue weighted by molar-refractivity contribution is -0.113. The quantitative estimate of drug-likeness (QED) is 0.591. The van der Waals surface area contributed by atoms with Gasteiger partial charge >= 0.3 is 0 Å². The summed E-state index contributed by atoms with van der Waals surface area (Å²) < 4.78 is 2.67. The summed E-state index contributed by atoms with van der Waals surface area (Å²) in [6.45, 7) is 0. The van der Waals surface area contributed by atoms with E-state index in [1.54, 1.807) is 0 Å². The van der Waals surface area contributed by atoms with Crippen LogP contribution in [-0.4, -0.2) is 26.4 Å². The van der Waals surface area contributed by atoms with Gasteiger partial charge in [0.1, 0.15) is 0 Å². The number of hydrogen-bond acceptors (Lipinski definition) is 4.